The number of rotatable bonds is 6. The maximum atomic E-state index is 11.6. The van der Waals surface area contributed by atoms with Crippen LogP contribution in [-0.4, -0.2) is 47.8 Å². The molecule has 0 unspecified atom stereocenters. The maximum absolute atomic E-state index is 11.6. The largest absolute Gasteiger partial charge is 0.465 e. The van der Waals surface area contributed by atoms with Crippen molar-refractivity contribution in [3.8, 4) is 0 Å². The molecule has 98 valence electrons. The average Bonchev–Trinajstić information content (AvgIpc) is 2.37. The van der Waals surface area contributed by atoms with Gasteiger partial charge in [0.25, 0.3) is 0 Å². The van der Waals surface area contributed by atoms with E-state index in [1.807, 2.05) is 0 Å². The number of esters is 1. The van der Waals surface area contributed by atoms with Gasteiger partial charge in [-0.3, -0.25) is 0 Å². The number of hydrogen-bond donors (Lipinski definition) is 1. The number of aliphatic hydroxyl groups is 1. The molecule has 0 fully saturated rings. The van der Waals surface area contributed by atoms with Crippen LogP contribution < -0.4 is 4.90 Å². The van der Waals surface area contributed by atoms with E-state index in [0.717, 1.165) is 0 Å². The van der Waals surface area contributed by atoms with Crippen molar-refractivity contribution in [3.63, 3.8) is 0 Å². The lowest BCUT2D eigenvalue weighted by Crippen LogP contribution is -2.30. The van der Waals surface area contributed by atoms with Crippen LogP contribution in [0.2, 0.25) is 0 Å². The highest BCUT2D eigenvalue weighted by Crippen LogP contribution is 2.18. The molecule has 0 aliphatic rings. The molecule has 18 heavy (non-hydrogen) atoms. The monoisotopic (exact) mass is 251 g/mol. The normalized spacial score (nSPS) is 9.94. The van der Waals surface area contributed by atoms with Crippen molar-refractivity contribution in [3.05, 3.63) is 30.2 Å². The summed E-state index contributed by atoms with van der Waals surface area (Å²) in [4.78, 5) is 21.6. The molecule has 1 heterocycles. The molecule has 6 heteroatoms. The third-order valence-corrected chi connectivity index (χ3v) is 2.31. The van der Waals surface area contributed by atoms with Crippen molar-refractivity contribution < 1.29 is 14.6 Å². The fraction of sp³-hybridized carbons (Fsp3) is 0.417. The van der Waals surface area contributed by atoms with Gasteiger partial charge in [0.2, 0.25) is 0 Å². The van der Waals surface area contributed by atoms with Crippen LogP contribution in [0.1, 0.15) is 16.2 Å². The predicted octanol–water partition coefficient (Wildman–Crippen LogP) is 0.556. The Hall–Kier alpha value is -1.95. The van der Waals surface area contributed by atoms with Gasteiger partial charge in [0.05, 0.1) is 13.7 Å². The molecule has 0 radical (unpaired) electrons. The van der Waals surface area contributed by atoms with E-state index in [1.54, 1.807) is 17.9 Å². The molecule has 0 amide bonds. The lowest BCUT2D eigenvalue weighted by atomic mass is 10.2. The summed E-state index contributed by atoms with van der Waals surface area (Å²) in [5.74, 6) is 0.491. The maximum Gasteiger partial charge on any atom is 0.343 e. The lowest BCUT2D eigenvalue weighted by molar-refractivity contribution is 0.0600. The van der Waals surface area contributed by atoms with Crippen molar-refractivity contribution >= 4 is 11.8 Å². The minimum Gasteiger partial charge on any atom is -0.465 e. The molecule has 1 rings (SSSR count). The Morgan fingerprint density at radius 3 is 2.94 bits per heavy atom. The van der Waals surface area contributed by atoms with Gasteiger partial charge >= 0.3 is 5.97 Å². The average molecular weight is 251 g/mol. The fourth-order valence-corrected chi connectivity index (χ4v) is 1.51. The van der Waals surface area contributed by atoms with Crippen LogP contribution in [0, 0.1) is 6.92 Å². The van der Waals surface area contributed by atoms with Crippen LogP contribution >= 0.6 is 0 Å². The highest BCUT2D eigenvalue weighted by Gasteiger charge is 2.18. The summed E-state index contributed by atoms with van der Waals surface area (Å²) in [6.45, 7) is 6.16. The minimum absolute atomic E-state index is 0.0441. The molecule has 0 atom stereocenters. The van der Waals surface area contributed by atoms with Crippen molar-refractivity contribution in [1.82, 2.24) is 9.97 Å². The smallest absolute Gasteiger partial charge is 0.343 e. The van der Waals surface area contributed by atoms with Crippen molar-refractivity contribution in [2.75, 3.05) is 31.7 Å². The number of aromatic nitrogens is 2. The predicted molar refractivity (Wildman–Crippen MR) is 67.6 cm³/mol. The van der Waals surface area contributed by atoms with E-state index in [9.17, 15) is 4.79 Å². The standard InChI is InChI=1S/C12H17N3O3/c1-4-5-15(6-7-16)11-10(12(17)18-3)8-13-9(2)14-11/h4,8,16H,1,5-7H2,2-3H3. The summed E-state index contributed by atoms with van der Waals surface area (Å²) in [6, 6.07) is 0. The number of anilines is 1. The summed E-state index contributed by atoms with van der Waals surface area (Å²) in [6.07, 6.45) is 3.10. The number of hydrogen-bond acceptors (Lipinski definition) is 6. The number of nitrogens with zero attached hydrogens (tertiary/aromatic N) is 3. The topological polar surface area (TPSA) is 75.5 Å². The number of carbonyl (C=O) groups excluding carboxylic acids is 1. The van der Waals surface area contributed by atoms with E-state index in [0.29, 0.717) is 24.7 Å². The van der Waals surface area contributed by atoms with Crippen LogP contribution in [0.4, 0.5) is 5.82 Å². The van der Waals surface area contributed by atoms with Crippen LogP contribution in [0.25, 0.3) is 0 Å². The van der Waals surface area contributed by atoms with E-state index < -0.39 is 5.97 Å². The molecule has 1 aromatic rings. The van der Waals surface area contributed by atoms with E-state index >= 15 is 0 Å². The van der Waals surface area contributed by atoms with Crippen LogP contribution in [0.3, 0.4) is 0 Å². The lowest BCUT2D eigenvalue weighted by Gasteiger charge is -2.23. The molecule has 0 spiro atoms. The van der Waals surface area contributed by atoms with E-state index in [4.69, 9.17) is 5.11 Å². The molecular weight excluding hydrogens is 234 g/mol. The van der Waals surface area contributed by atoms with Crippen molar-refractivity contribution in [2.24, 2.45) is 0 Å². The number of ether oxygens (including phenoxy) is 1. The van der Waals surface area contributed by atoms with Crippen molar-refractivity contribution in [1.29, 1.82) is 0 Å². The Kier molecular flexibility index (Phi) is 5.26. The van der Waals surface area contributed by atoms with Gasteiger partial charge in [0.15, 0.2) is 0 Å². The first-order valence-electron chi connectivity index (χ1n) is 5.52. The van der Waals surface area contributed by atoms with Gasteiger partial charge < -0.3 is 14.7 Å². The summed E-state index contributed by atoms with van der Waals surface area (Å²) in [5.41, 5.74) is 0.276. The molecule has 0 aliphatic heterocycles. The van der Waals surface area contributed by atoms with Gasteiger partial charge in [-0.25, -0.2) is 14.8 Å². The van der Waals surface area contributed by atoms with Gasteiger partial charge in [-0.15, -0.1) is 6.58 Å². The Morgan fingerprint density at radius 2 is 2.39 bits per heavy atom. The molecular formula is C12H17N3O3. The third kappa shape index (κ3) is 3.27. The van der Waals surface area contributed by atoms with Gasteiger partial charge in [0.1, 0.15) is 17.2 Å². The number of aliphatic hydroxyl groups excluding tert-OH is 1. The van der Waals surface area contributed by atoms with Gasteiger partial charge in [0, 0.05) is 19.3 Å². The second-order valence-electron chi connectivity index (χ2n) is 3.60. The second kappa shape index (κ2) is 6.70. The second-order valence-corrected chi connectivity index (χ2v) is 3.60. The Balaban J connectivity index is 3.20. The zero-order valence-corrected chi connectivity index (χ0v) is 10.6. The molecule has 0 bridgehead atoms. The SMILES string of the molecule is C=CCN(CCO)c1nc(C)ncc1C(=O)OC. The highest BCUT2D eigenvalue weighted by atomic mass is 16.5. The summed E-state index contributed by atoms with van der Waals surface area (Å²) < 4.78 is 4.69. The molecule has 0 saturated carbocycles. The first-order chi connectivity index (χ1) is 8.63. The van der Waals surface area contributed by atoms with Gasteiger partial charge in [-0.1, -0.05) is 6.08 Å². The van der Waals surface area contributed by atoms with Gasteiger partial charge in [-0.2, -0.15) is 0 Å². The molecule has 0 saturated heterocycles. The summed E-state index contributed by atoms with van der Waals surface area (Å²) in [7, 11) is 1.30. The van der Waals surface area contributed by atoms with E-state index in [2.05, 4.69) is 21.3 Å². The van der Waals surface area contributed by atoms with Gasteiger partial charge in [-0.05, 0) is 6.92 Å². The minimum atomic E-state index is -0.503. The summed E-state index contributed by atoms with van der Waals surface area (Å²) in [5, 5.41) is 9.05. The Bertz CT molecular complexity index is 435. The van der Waals surface area contributed by atoms with E-state index in [-0.39, 0.29) is 12.2 Å². The van der Waals surface area contributed by atoms with Crippen LogP contribution in [0.5, 0.6) is 0 Å². The molecule has 0 aliphatic carbocycles. The zero-order valence-electron chi connectivity index (χ0n) is 10.6. The molecule has 0 aromatic carbocycles. The quantitative estimate of drug-likeness (QED) is 0.588. The first kappa shape index (κ1) is 14.1. The first-order valence-corrected chi connectivity index (χ1v) is 5.52. The molecule has 6 nitrogen and oxygen atoms in total. The molecule has 1 N–H and O–H groups in total. The highest BCUT2D eigenvalue weighted by molar-refractivity contribution is 5.94. The Morgan fingerprint density at radius 1 is 1.67 bits per heavy atom. The molecule has 1 aromatic heterocycles. The zero-order chi connectivity index (χ0) is 13.5. The van der Waals surface area contributed by atoms with Crippen molar-refractivity contribution in [2.45, 2.75) is 6.92 Å². The number of aryl methyl sites for hydroxylation is 1. The number of methoxy groups -OCH3 is 1. The third-order valence-electron chi connectivity index (χ3n) is 2.31. The number of carbonyl (C=O) groups is 1. The van der Waals surface area contributed by atoms with Crippen LogP contribution in [-0.2, 0) is 4.74 Å². The Labute approximate surface area is 106 Å². The fourth-order valence-electron chi connectivity index (χ4n) is 1.51. The van der Waals surface area contributed by atoms with Crippen LogP contribution in [0.15, 0.2) is 18.9 Å². The van der Waals surface area contributed by atoms with E-state index in [1.165, 1.54) is 13.3 Å². The summed E-state index contributed by atoms with van der Waals surface area (Å²) >= 11 is 0.